The van der Waals surface area contributed by atoms with Crippen LogP contribution in [0.15, 0.2) is 24.3 Å². The van der Waals surface area contributed by atoms with Crippen LogP contribution in [-0.2, 0) is 19.0 Å². The zero-order valence-electron chi connectivity index (χ0n) is 11.0. The summed E-state index contributed by atoms with van der Waals surface area (Å²) in [7, 11) is 0. The molecule has 6 nitrogen and oxygen atoms in total. The van der Waals surface area contributed by atoms with Crippen LogP contribution >= 0.6 is 0 Å². The first-order valence-corrected chi connectivity index (χ1v) is 6.28. The highest BCUT2D eigenvalue weighted by Gasteiger charge is 2.58. The molecular weight excluding hydrogens is 283 g/mol. The molecule has 0 amide bonds. The lowest BCUT2D eigenvalue weighted by Crippen LogP contribution is -2.44. The van der Waals surface area contributed by atoms with Gasteiger partial charge in [-0.2, -0.15) is 0 Å². The molecule has 0 saturated carbocycles. The fourth-order valence-electron chi connectivity index (χ4n) is 2.29. The topological polar surface area (TPSA) is 78.9 Å². The minimum absolute atomic E-state index is 0.0697. The average Bonchev–Trinajstić information content (AvgIpc) is 2.67. The summed E-state index contributed by atoms with van der Waals surface area (Å²) in [4.78, 5) is 35.4. The van der Waals surface area contributed by atoms with Gasteiger partial charge < -0.3 is 14.2 Å². The zero-order valence-corrected chi connectivity index (χ0v) is 11.0. The molecule has 3 atom stereocenters. The van der Waals surface area contributed by atoms with Crippen LogP contribution in [0.2, 0.25) is 0 Å². The molecule has 110 valence electrons. The van der Waals surface area contributed by atoms with E-state index < -0.39 is 35.8 Å². The van der Waals surface area contributed by atoms with E-state index in [-0.39, 0.29) is 17.7 Å². The van der Waals surface area contributed by atoms with Gasteiger partial charge in [0.2, 0.25) is 5.67 Å². The van der Waals surface area contributed by atoms with E-state index in [1.807, 2.05) is 0 Å². The Bertz CT molecular complexity index is 638. The van der Waals surface area contributed by atoms with Crippen LogP contribution < -0.4 is 0 Å². The van der Waals surface area contributed by atoms with Gasteiger partial charge in [-0.05, 0) is 25.1 Å². The number of fused-ring (bicyclic) bond motifs is 3. The third kappa shape index (κ3) is 2.14. The fourth-order valence-corrected chi connectivity index (χ4v) is 2.29. The largest absolute Gasteiger partial charge is 0.458 e. The number of carbonyl (C=O) groups excluding carboxylic acids is 3. The van der Waals surface area contributed by atoms with Gasteiger partial charge in [-0.1, -0.05) is 6.07 Å². The number of hydrogen-bond donors (Lipinski definition) is 0. The van der Waals surface area contributed by atoms with E-state index in [2.05, 4.69) is 0 Å². The van der Waals surface area contributed by atoms with Crippen molar-refractivity contribution in [2.24, 2.45) is 0 Å². The first kappa shape index (κ1) is 13.5. The maximum Gasteiger partial charge on any atom is 0.348 e. The van der Waals surface area contributed by atoms with Crippen LogP contribution in [0.5, 0.6) is 0 Å². The number of alkyl halides is 1. The van der Waals surface area contributed by atoms with E-state index in [4.69, 9.17) is 14.2 Å². The lowest BCUT2D eigenvalue weighted by molar-refractivity contribution is -0.150. The van der Waals surface area contributed by atoms with Gasteiger partial charge in [0.15, 0.2) is 12.2 Å². The van der Waals surface area contributed by atoms with E-state index in [1.54, 1.807) is 0 Å². The van der Waals surface area contributed by atoms with Crippen molar-refractivity contribution in [2.45, 2.75) is 24.8 Å². The maximum absolute atomic E-state index is 14.3. The number of esters is 3. The van der Waals surface area contributed by atoms with E-state index in [1.165, 1.54) is 24.3 Å². The number of benzene rings is 1. The van der Waals surface area contributed by atoms with Crippen LogP contribution in [0.4, 0.5) is 4.39 Å². The molecule has 7 heteroatoms. The number of carbonyl (C=O) groups is 3. The molecular formula is C14H11FO6. The average molecular weight is 294 g/mol. The Kier molecular flexibility index (Phi) is 2.93. The van der Waals surface area contributed by atoms with Crippen LogP contribution in [0, 0.1) is 0 Å². The molecule has 1 saturated heterocycles. The quantitative estimate of drug-likeness (QED) is 0.525. The fraction of sp³-hybridized carbons (Fsp3) is 0.357. The zero-order chi connectivity index (χ0) is 15.2. The highest BCUT2D eigenvalue weighted by molar-refractivity contribution is 5.96. The Balaban J connectivity index is 2.01. The summed E-state index contributed by atoms with van der Waals surface area (Å²) in [5, 5.41) is 0. The smallest absolute Gasteiger partial charge is 0.348 e. The van der Waals surface area contributed by atoms with E-state index >= 15 is 0 Å². The molecule has 1 aromatic rings. The second-order valence-corrected chi connectivity index (χ2v) is 5.02. The van der Waals surface area contributed by atoms with Gasteiger partial charge in [0.1, 0.15) is 6.61 Å². The minimum atomic E-state index is -2.48. The molecule has 2 aliphatic rings. The minimum Gasteiger partial charge on any atom is -0.458 e. The molecule has 0 unspecified atom stereocenters. The van der Waals surface area contributed by atoms with Crippen molar-refractivity contribution < 1.29 is 33.0 Å². The number of cyclic esters (lactones) is 1. The molecule has 3 rings (SSSR count). The Morgan fingerprint density at radius 3 is 2.52 bits per heavy atom. The van der Waals surface area contributed by atoms with E-state index in [0.717, 1.165) is 6.92 Å². The van der Waals surface area contributed by atoms with Gasteiger partial charge in [-0.15, -0.1) is 0 Å². The predicted octanol–water partition coefficient (Wildman–Crippen LogP) is 1.04. The standard InChI is InChI=1S/C14H11FO6/c1-14(15)10-9(20-13(14)18)6-19-11(16)7-3-2-4-8(5-7)12(17)21-10/h2-5,9-10H,6H2,1H3/t9-,10-,14-/m1/s1. The van der Waals surface area contributed by atoms with E-state index in [9.17, 15) is 18.8 Å². The van der Waals surface area contributed by atoms with E-state index in [0.29, 0.717) is 0 Å². The van der Waals surface area contributed by atoms with Crippen molar-refractivity contribution in [1.82, 2.24) is 0 Å². The molecule has 1 fully saturated rings. The van der Waals surface area contributed by atoms with Crippen LogP contribution in [0.1, 0.15) is 27.6 Å². The molecule has 0 aliphatic carbocycles. The summed E-state index contributed by atoms with van der Waals surface area (Å²) in [5.41, 5.74) is -2.25. The SMILES string of the molecule is C[C@]1(F)C(=O)O[C@@H]2COC(=O)c3cccc(c3)C(=O)O[C@H]21. The monoisotopic (exact) mass is 294 g/mol. The molecule has 0 radical (unpaired) electrons. The molecule has 21 heavy (non-hydrogen) atoms. The van der Waals surface area contributed by atoms with Crippen LogP contribution in [0.25, 0.3) is 0 Å². The molecule has 0 aromatic heterocycles. The Hall–Kier alpha value is -2.44. The lowest BCUT2D eigenvalue weighted by Gasteiger charge is -2.23. The molecule has 0 N–H and O–H groups in total. The number of ether oxygens (including phenoxy) is 3. The molecule has 2 heterocycles. The highest BCUT2D eigenvalue weighted by atomic mass is 19.1. The summed E-state index contributed by atoms with van der Waals surface area (Å²) in [6.07, 6.45) is -2.63. The van der Waals surface area contributed by atoms with Crippen molar-refractivity contribution in [1.29, 1.82) is 0 Å². The summed E-state index contributed by atoms with van der Waals surface area (Å²) in [6.45, 7) is 0.587. The van der Waals surface area contributed by atoms with Crippen LogP contribution in [-0.4, -0.2) is 42.4 Å². The second-order valence-electron chi connectivity index (χ2n) is 5.02. The first-order valence-electron chi connectivity index (χ1n) is 6.28. The molecule has 2 bridgehead atoms. The third-order valence-corrected chi connectivity index (χ3v) is 3.48. The normalized spacial score (nSPS) is 31.8. The van der Waals surface area contributed by atoms with Gasteiger partial charge in [0.25, 0.3) is 0 Å². The van der Waals surface area contributed by atoms with Crippen molar-refractivity contribution in [3.63, 3.8) is 0 Å². The molecule has 2 aliphatic heterocycles. The highest BCUT2D eigenvalue weighted by Crippen LogP contribution is 2.33. The maximum atomic E-state index is 14.3. The summed E-state index contributed by atoms with van der Waals surface area (Å²) in [6, 6.07) is 5.66. The second kappa shape index (κ2) is 4.54. The Labute approximate surface area is 118 Å². The van der Waals surface area contributed by atoms with Crippen molar-refractivity contribution >= 4 is 17.9 Å². The van der Waals surface area contributed by atoms with Gasteiger partial charge in [0.05, 0.1) is 11.1 Å². The first-order chi connectivity index (χ1) is 9.89. The summed E-state index contributed by atoms with van der Waals surface area (Å²) >= 11 is 0. The Morgan fingerprint density at radius 2 is 1.81 bits per heavy atom. The summed E-state index contributed by atoms with van der Waals surface area (Å²) in [5.74, 6) is -2.66. The third-order valence-electron chi connectivity index (χ3n) is 3.48. The number of halogens is 1. The van der Waals surface area contributed by atoms with Gasteiger partial charge in [-0.3, -0.25) is 0 Å². The van der Waals surface area contributed by atoms with Gasteiger partial charge >= 0.3 is 17.9 Å². The van der Waals surface area contributed by atoms with Gasteiger partial charge in [-0.25, -0.2) is 18.8 Å². The lowest BCUT2D eigenvalue weighted by atomic mass is 10.00. The predicted molar refractivity (Wildman–Crippen MR) is 65.3 cm³/mol. The Morgan fingerprint density at radius 1 is 1.14 bits per heavy atom. The van der Waals surface area contributed by atoms with Gasteiger partial charge in [0, 0.05) is 0 Å². The van der Waals surface area contributed by atoms with Crippen molar-refractivity contribution in [3.8, 4) is 0 Å². The van der Waals surface area contributed by atoms with Crippen LogP contribution in [0.3, 0.4) is 0 Å². The molecule has 1 aromatic carbocycles. The number of rotatable bonds is 0. The number of hydrogen-bond acceptors (Lipinski definition) is 6. The van der Waals surface area contributed by atoms with Crippen molar-refractivity contribution in [3.05, 3.63) is 35.4 Å². The van der Waals surface area contributed by atoms with Crippen molar-refractivity contribution in [2.75, 3.05) is 6.61 Å². The molecule has 0 spiro atoms. The summed E-state index contributed by atoms with van der Waals surface area (Å²) < 4.78 is 29.2.